The lowest BCUT2D eigenvalue weighted by Gasteiger charge is -2.33. The summed E-state index contributed by atoms with van der Waals surface area (Å²) >= 11 is 0. The predicted molar refractivity (Wildman–Crippen MR) is 89.3 cm³/mol. The normalized spacial score (nSPS) is 18.8. The molecule has 0 unspecified atom stereocenters. The van der Waals surface area contributed by atoms with Crippen molar-refractivity contribution in [2.24, 2.45) is 5.92 Å². The van der Waals surface area contributed by atoms with Gasteiger partial charge in [0.25, 0.3) is 0 Å². The molecule has 0 bridgehead atoms. The first kappa shape index (κ1) is 17.0. The SMILES string of the molecule is O=C(CN(CCN1CCCCC1)C(=O)C1CCC1)Nc1ccon1. The number of hydrogen-bond acceptors (Lipinski definition) is 5. The van der Waals surface area contributed by atoms with Crippen LogP contribution in [0, 0.1) is 5.92 Å². The highest BCUT2D eigenvalue weighted by Gasteiger charge is 2.30. The van der Waals surface area contributed by atoms with Gasteiger partial charge < -0.3 is 19.6 Å². The first-order valence-electron chi connectivity index (χ1n) is 8.94. The zero-order chi connectivity index (χ0) is 16.8. The minimum absolute atomic E-state index is 0.0794. The van der Waals surface area contributed by atoms with Crippen LogP contribution in [0.2, 0.25) is 0 Å². The quantitative estimate of drug-likeness (QED) is 0.821. The molecule has 2 heterocycles. The second-order valence-electron chi connectivity index (χ2n) is 6.72. The molecule has 7 heteroatoms. The molecule has 2 amide bonds. The van der Waals surface area contributed by atoms with Crippen molar-refractivity contribution in [2.45, 2.75) is 38.5 Å². The van der Waals surface area contributed by atoms with E-state index in [4.69, 9.17) is 4.52 Å². The molecule has 132 valence electrons. The predicted octanol–water partition coefficient (Wildman–Crippen LogP) is 1.73. The topological polar surface area (TPSA) is 78.7 Å². The van der Waals surface area contributed by atoms with E-state index >= 15 is 0 Å². The van der Waals surface area contributed by atoms with Crippen LogP contribution in [0.15, 0.2) is 16.9 Å². The van der Waals surface area contributed by atoms with E-state index in [1.807, 2.05) is 0 Å². The lowest BCUT2D eigenvalue weighted by atomic mass is 9.84. The van der Waals surface area contributed by atoms with Crippen LogP contribution in [0.1, 0.15) is 38.5 Å². The van der Waals surface area contributed by atoms with Crippen LogP contribution in [0.3, 0.4) is 0 Å². The maximum atomic E-state index is 12.6. The van der Waals surface area contributed by atoms with Crippen molar-refractivity contribution in [3.63, 3.8) is 0 Å². The van der Waals surface area contributed by atoms with Gasteiger partial charge in [-0.25, -0.2) is 0 Å². The zero-order valence-corrected chi connectivity index (χ0v) is 14.1. The standard InChI is InChI=1S/C17H26N4O3/c22-16(18-15-7-12-24-19-15)13-21(17(23)14-5-4-6-14)11-10-20-8-2-1-3-9-20/h7,12,14H,1-6,8-11,13H2,(H,18,19,22). The molecule has 0 atom stereocenters. The number of carbonyl (C=O) groups is 2. The Morgan fingerprint density at radius 1 is 1.25 bits per heavy atom. The number of nitrogens with zero attached hydrogens (tertiary/aromatic N) is 3. The maximum Gasteiger partial charge on any atom is 0.245 e. The first-order chi connectivity index (χ1) is 11.7. The van der Waals surface area contributed by atoms with Gasteiger partial charge in [-0.15, -0.1) is 0 Å². The van der Waals surface area contributed by atoms with E-state index in [1.54, 1.807) is 11.0 Å². The summed E-state index contributed by atoms with van der Waals surface area (Å²) < 4.78 is 4.71. The number of anilines is 1. The minimum atomic E-state index is -0.227. The van der Waals surface area contributed by atoms with E-state index in [0.29, 0.717) is 12.4 Å². The van der Waals surface area contributed by atoms with E-state index in [-0.39, 0.29) is 24.3 Å². The molecule has 1 aliphatic carbocycles. The van der Waals surface area contributed by atoms with Crippen molar-refractivity contribution >= 4 is 17.6 Å². The van der Waals surface area contributed by atoms with Crippen LogP contribution in [0.4, 0.5) is 5.82 Å². The summed E-state index contributed by atoms with van der Waals surface area (Å²) in [4.78, 5) is 28.9. The molecule has 1 saturated carbocycles. The Kier molecular flexibility index (Phi) is 5.85. The fourth-order valence-corrected chi connectivity index (χ4v) is 3.26. The van der Waals surface area contributed by atoms with E-state index in [9.17, 15) is 9.59 Å². The van der Waals surface area contributed by atoms with Crippen molar-refractivity contribution < 1.29 is 14.1 Å². The number of likely N-dealkylation sites (tertiary alicyclic amines) is 1. The third-order valence-electron chi connectivity index (χ3n) is 4.94. The molecule has 1 aromatic rings. The van der Waals surface area contributed by atoms with Gasteiger partial charge in [0, 0.05) is 25.1 Å². The molecule has 2 fully saturated rings. The summed E-state index contributed by atoms with van der Waals surface area (Å²) in [6.45, 7) is 3.72. The Labute approximate surface area is 142 Å². The number of piperidine rings is 1. The van der Waals surface area contributed by atoms with E-state index in [0.717, 1.165) is 38.9 Å². The largest absolute Gasteiger partial charge is 0.363 e. The second kappa shape index (κ2) is 8.28. The average Bonchev–Trinajstić information content (AvgIpc) is 3.03. The molecule has 1 N–H and O–H groups in total. The van der Waals surface area contributed by atoms with Crippen LogP contribution in [-0.2, 0) is 9.59 Å². The summed E-state index contributed by atoms with van der Waals surface area (Å²) in [6.07, 6.45) is 8.16. The molecule has 0 aromatic carbocycles. The Bertz CT molecular complexity index is 536. The monoisotopic (exact) mass is 334 g/mol. The Balaban J connectivity index is 1.53. The third kappa shape index (κ3) is 4.56. The van der Waals surface area contributed by atoms with E-state index < -0.39 is 0 Å². The second-order valence-corrected chi connectivity index (χ2v) is 6.72. The molecule has 1 aromatic heterocycles. The number of hydrogen-bond donors (Lipinski definition) is 1. The molecule has 24 heavy (non-hydrogen) atoms. The highest BCUT2D eigenvalue weighted by atomic mass is 16.5. The van der Waals surface area contributed by atoms with Crippen LogP contribution in [0.5, 0.6) is 0 Å². The van der Waals surface area contributed by atoms with Gasteiger partial charge in [-0.1, -0.05) is 18.0 Å². The van der Waals surface area contributed by atoms with Gasteiger partial charge in [0.15, 0.2) is 5.82 Å². The van der Waals surface area contributed by atoms with Gasteiger partial charge in [0.05, 0.1) is 6.54 Å². The highest BCUT2D eigenvalue weighted by molar-refractivity contribution is 5.94. The average molecular weight is 334 g/mol. The summed E-state index contributed by atoms with van der Waals surface area (Å²) in [5.41, 5.74) is 0. The van der Waals surface area contributed by atoms with E-state index in [2.05, 4.69) is 15.4 Å². The van der Waals surface area contributed by atoms with Crippen LogP contribution < -0.4 is 5.32 Å². The molecule has 7 nitrogen and oxygen atoms in total. The Morgan fingerprint density at radius 3 is 2.67 bits per heavy atom. The zero-order valence-electron chi connectivity index (χ0n) is 14.1. The van der Waals surface area contributed by atoms with Crippen molar-refractivity contribution in [1.29, 1.82) is 0 Å². The maximum absolute atomic E-state index is 12.6. The number of rotatable bonds is 7. The van der Waals surface area contributed by atoms with Crippen LogP contribution in [0.25, 0.3) is 0 Å². The fourth-order valence-electron chi connectivity index (χ4n) is 3.26. The summed E-state index contributed by atoms with van der Waals surface area (Å²) in [6, 6.07) is 1.59. The van der Waals surface area contributed by atoms with Crippen LogP contribution in [-0.4, -0.2) is 59.5 Å². The van der Waals surface area contributed by atoms with Crippen molar-refractivity contribution in [1.82, 2.24) is 15.0 Å². The van der Waals surface area contributed by atoms with Gasteiger partial charge >= 0.3 is 0 Å². The van der Waals surface area contributed by atoms with Crippen molar-refractivity contribution in [3.8, 4) is 0 Å². The molecule has 2 aliphatic rings. The molecule has 3 rings (SSSR count). The fraction of sp³-hybridized carbons (Fsp3) is 0.706. The minimum Gasteiger partial charge on any atom is -0.363 e. The molecule has 0 spiro atoms. The molecular weight excluding hydrogens is 308 g/mol. The summed E-state index contributed by atoms with van der Waals surface area (Å²) in [7, 11) is 0. The number of amides is 2. The van der Waals surface area contributed by atoms with Gasteiger partial charge in [0.2, 0.25) is 11.8 Å². The van der Waals surface area contributed by atoms with Crippen molar-refractivity contribution in [3.05, 3.63) is 12.3 Å². The lowest BCUT2D eigenvalue weighted by Crippen LogP contribution is -2.47. The Hall–Kier alpha value is -1.89. The van der Waals surface area contributed by atoms with E-state index in [1.165, 1.54) is 25.5 Å². The molecule has 1 aliphatic heterocycles. The number of nitrogens with one attached hydrogen (secondary N) is 1. The van der Waals surface area contributed by atoms with Gasteiger partial charge in [-0.05, 0) is 38.8 Å². The molecule has 0 radical (unpaired) electrons. The number of aromatic nitrogens is 1. The summed E-state index contributed by atoms with van der Waals surface area (Å²) in [5.74, 6) is 0.377. The lowest BCUT2D eigenvalue weighted by molar-refractivity contribution is -0.141. The van der Waals surface area contributed by atoms with Gasteiger partial charge in [-0.3, -0.25) is 9.59 Å². The van der Waals surface area contributed by atoms with Gasteiger partial charge in [0.1, 0.15) is 6.26 Å². The third-order valence-corrected chi connectivity index (χ3v) is 4.94. The molecule has 1 saturated heterocycles. The highest BCUT2D eigenvalue weighted by Crippen LogP contribution is 2.28. The first-order valence-corrected chi connectivity index (χ1v) is 8.94. The Morgan fingerprint density at radius 2 is 2.04 bits per heavy atom. The molecular formula is C17H26N4O3. The number of carbonyl (C=O) groups excluding carboxylic acids is 2. The van der Waals surface area contributed by atoms with Crippen molar-refractivity contribution in [2.75, 3.05) is 38.0 Å². The summed E-state index contributed by atoms with van der Waals surface area (Å²) in [5, 5.41) is 6.34. The van der Waals surface area contributed by atoms with Crippen LogP contribution >= 0.6 is 0 Å². The smallest absolute Gasteiger partial charge is 0.245 e. The van der Waals surface area contributed by atoms with Gasteiger partial charge in [-0.2, -0.15) is 0 Å².